The van der Waals surface area contributed by atoms with E-state index >= 15 is 0 Å². The van der Waals surface area contributed by atoms with Gasteiger partial charge in [0.25, 0.3) is 0 Å². The highest BCUT2D eigenvalue weighted by Gasteiger charge is 2.22. The van der Waals surface area contributed by atoms with Crippen molar-refractivity contribution in [1.82, 2.24) is 4.90 Å². The lowest BCUT2D eigenvalue weighted by atomic mass is 10.1. The molecule has 1 fully saturated rings. The van der Waals surface area contributed by atoms with E-state index in [9.17, 15) is 4.79 Å². The quantitative estimate of drug-likeness (QED) is 0.524. The van der Waals surface area contributed by atoms with Crippen LogP contribution in [0.2, 0.25) is 0 Å². The molecule has 2 aromatic carbocycles. The second kappa shape index (κ2) is 9.75. The van der Waals surface area contributed by atoms with Gasteiger partial charge in [-0.2, -0.15) is 0 Å². The number of nitrogens with one attached hydrogen (secondary N) is 1. The van der Waals surface area contributed by atoms with Crippen molar-refractivity contribution in [3.05, 3.63) is 53.8 Å². The molecule has 1 aromatic heterocycles. The van der Waals surface area contributed by atoms with E-state index in [4.69, 9.17) is 14.9 Å². The number of fused-ring (bicyclic) bond motifs is 2. The van der Waals surface area contributed by atoms with Gasteiger partial charge in [-0.1, -0.05) is 24.3 Å². The Hall–Kier alpha value is -3.19. The number of amides is 2. The third-order valence-corrected chi connectivity index (χ3v) is 6.67. The zero-order valence-corrected chi connectivity index (χ0v) is 19.0. The number of nitrogens with two attached hydrogens (primary N) is 1. The van der Waals surface area contributed by atoms with Crippen LogP contribution in [0.25, 0.3) is 11.0 Å². The first-order chi connectivity index (χ1) is 16.2. The fourth-order valence-corrected chi connectivity index (χ4v) is 5.04. The van der Waals surface area contributed by atoms with Crippen molar-refractivity contribution < 1.29 is 13.9 Å². The van der Waals surface area contributed by atoms with Crippen molar-refractivity contribution in [2.45, 2.75) is 32.1 Å². The maximum Gasteiger partial charge on any atom is 0.316 e. The molecule has 7 heteroatoms. The Balaban J connectivity index is 1.14. The predicted molar refractivity (Wildman–Crippen MR) is 131 cm³/mol. The van der Waals surface area contributed by atoms with Crippen LogP contribution in [-0.4, -0.2) is 50.3 Å². The molecule has 0 radical (unpaired) electrons. The number of para-hydroxylation sites is 2. The zero-order chi connectivity index (χ0) is 22.6. The Morgan fingerprint density at radius 3 is 2.85 bits per heavy atom. The number of carbonyl (C=O) groups excluding carboxylic acids is 1. The van der Waals surface area contributed by atoms with Crippen LogP contribution in [0.1, 0.15) is 30.6 Å². The van der Waals surface area contributed by atoms with Gasteiger partial charge in [0.15, 0.2) is 0 Å². The molecule has 174 valence electrons. The Morgan fingerprint density at radius 1 is 1.03 bits per heavy atom. The molecule has 1 saturated heterocycles. The highest BCUT2D eigenvalue weighted by Crippen LogP contribution is 2.36. The molecule has 2 aliphatic heterocycles. The Bertz CT molecular complexity index is 1130. The molecule has 0 bridgehead atoms. The van der Waals surface area contributed by atoms with E-state index in [0.717, 1.165) is 93.9 Å². The molecule has 0 spiro atoms. The highest BCUT2D eigenvalue weighted by molar-refractivity contribution is 6.00. The lowest BCUT2D eigenvalue weighted by Crippen LogP contribution is -2.31. The summed E-state index contributed by atoms with van der Waals surface area (Å²) in [5.74, 6) is 1.90. The van der Waals surface area contributed by atoms with Crippen LogP contribution in [0.15, 0.2) is 46.9 Å². The highest BCUT2D eigenvalue weighted by atomic mass is 16.5. The standard InChI is InChI=1S/C26H32N4O3/c27-26(31)28-24-20-8-1-2-10-22(20)33-23(24)11-3-4-13-29-14-6-15-30(17-16-29)21-9-5-7-19-12-18-32-25(19)21/h1-2,5,7-10H,3-4,6,11-18H2,(H3,27,28,31). The van der Waals surface area contributed by atoms with E-state index in [1.54, 1.807) is 0 Å². The summed E-state index contributed by atoms with van der Waals surface area (Å²) in [5, 5.41) is 3.65. The zero-order valence-electron chi connectivity index (χ0n) is 19.0. The van der Waals surface area contributed by atoms with Gasteiger partial charge < -0.3 is 30.0 Å². The molecule has 0 saturated carbocycles. The molecule has 2 amide bonds. The summed E-state index contributed by atoms with van der Waals surface area (Å²) in [5.41, 5.74) is 9.46. The molecule has 3 N–H and O–H groups in total. The minimum Gasteiger partial charge on any atom is -0.491 e. The van der Waals surface area contributed by atoms with E-state index in [1.807, 2.05) is 24.3 Å². The number of benzene rings is 2. The summed E-state index contributed by atoms with van der Waals surface area (Å²) in [7, 11) is 0. The van der Waals surface area contributed by atoms with Crippen LogP contribution in [0.3, 0.4) is 0 Å². The maximum absolute atomic E-state index is 11.5. The Labute approximate surface area is 194 Å². The largest absolute Gasteiger partial charge is 0.491 e. The summed E-state index contributed by atoms with van der Waals surface area (Å²) in [6.45, 7) is 6.13. The third kappa shape index (κ3) is 4.78. The molecule has 5 rings (SSSR count). The first-order valence-corrected chi connectivity index (χ1v) is 12.0. The number of unbranched alkanes of at least 4 members (excludes halogenated alkanes) is 1. The van der Waals surface area contributed by atoms with Crippen LogP contribution >= 0.6 is 0 Å². The lowest BCUT2D eigenvalue weighted by Gasteiger charge is -2.25. The maximum atomic E-state index is 11.5. The van der Waals surface area contributed by atoms with Gasteiger partial charge in [-0.25, -0.2) is 4.79 Å². The van der Waals surface area contributed by atoms with Crippen molar-refractivity contribution in [2.24, 2.45) is 5.73 Å². The van der Waals surface area contributed by atoms with Crippen molar-refractivity contribution >= 4 is 28.4 Å². The van der Waals surface area contributed by atoms with E-state index < -0.39 is 6.03 Å². The van der Waals surface area contributed by atoms with Gasteiger partial charge in [-0.3, -0.25) is 0 Å². The van der Waals surface area contributed by atoms with Crippen molar-refractivity contribution in [2.75, 3.05) is 49.5 Å². The monoisotopic (exact) mass is 448 g/mol. The number of hydrogen-bond donors (Lipinski definition) is 2. The Morgan fingerprint density at radius 2 is 1.94 bits per heavy atom. The molecule has 7 nitrogen and oxygen atoms in total. The predicted octanol–water partition coefficient (Wildman–Crippen LogP) is 4.39. The fourth-order valence-electron chi connectivity index (χ4n) is 5.04. The van der Waals surface area contributed by atoms with Crippen molar-refractivity contribution in [3.63, 3.8) is 0 Å². The molecular weight excluding hydrogens is 416 g/mol. The average Bonchev–Trinajstić information content (AvgIpc) is 3.35. The molecule has 0 atom stereocenters. The van der Waals surface area contributed by atoms with Crippen LogP contribution in [0.4, 0.5) is 16.2 Å². The number of rotatable bonds is 7. The van der Waals surface area contributed by atoms with Gasteiger partial charge in [0.1, 0.15) is 17.1 Å². The lowest BCUT2D eigenvalue weighted by molar-refractivity contribution is 0.259. The summed E-state index contributed by atoms with van der Waals surface area (Å²) < 4.78 is 11.9. The fraction of sp³-hybridized carbons (Fsp3) is 0.423. The summed E-state index contributed by atoms with van der Waals surface area (Å²) in [4.78, 5) is 16.5. The van der Waals surface area contributed by atoms with Crippen LogP contribution in [0, 0.1) is 0 Å². The molecule has 0 unspecified atom stereocenters. The number of primary amides is 1. The normalized spacial score (nSPS) is 16.4. The number of nitrogens with zero attached hydrogens (tertiary/aromatic N) is 2. The molecule has 2 aliphatic rings. The van der Waals surface area contributed by atoms with Gasteiger partial charge in [0, 0.05) is 37.9 Å². The number of aryl methyl sites for hydroxylation is 1. The molecule has 33 heavy (non-hydrogen) atoms. The van der Waals surface area contributed by atoms with Gasteiger partial charge >= 0.3 is 6.03 Å². The van der Waals surface area contributed by atoms with Crippen molar-refractivity contribution in [3.8, 4) is 5.75 Å². The molecule has 3 aromatic rings. The van der Waals surface area contributed by atoms with Crippen molar-refractivity contribution in [1.29, 1.82) is 0 Å². The number of carbonyl (C=O) groups is 1. The topological polar surface area (TPSA) is 84.0 Å². The molecule has 3 heterocycles. The molecule has 0 aliphatic carbocycles. The SMILES string of the molecule is NC(=O)Nc1c(CCCCN2CCCN(c3cccc4c3OCC4)CC2)oc2ccccc12. The van der Waals surface area contributed by atoms with E-state index in [2.05, 4.69) is 33.3 Å². The van der Waals surface area contributed by atoms with Gasteiger partial charge in [-0.05, 0) is 56.1 Å². The second-order valence-corrected chi connectivity index (χ2v) is 8.89. The average molecular weight is 449 g/mol. The number of hydrogen-bond acceptors (Lipinski definition) is 5. The van der Waals surface area contributed by atoms with E-state index in [1.165, 1.54) is 11.3 Å². The summed E-state index contributed by atoms with van der Waals surface area (Å²) in [6, 6.07) is 13.7. The first kappa shape index (κ1) is 21.6. The first-order valence-electron chi connectivity index (χ1n) is 12.0. The Kier molecular flexibility index (Phi) is 6.39. The van der Waals surface area contributed by atoms with Crippen LogP contribution in [0.5, 0.6) is 5.75 Å². The van der Waals surface area contributed by atoms with Gasteiger partial charge in [0.2, 0.25) is 0 Å². The minimum atomic E-state index is -0.564. The number of urea groups is 1. The number of anilines is 2. The van der Waals surface area contributed by atoms with Gasteiger partial charge in [-0.15, -0.1) is 0 Å². The van der Waals surface area contributed by atoms with Gasteiger partial charge in [0.05, 0.1) is 18.0 Å². The second-order valence-electron chi connectivity index (χ2n) is 8.89. The number of ether oxygens (including phenoxy) is 1. The smallest absolute Gasteiger partial charge is 0.316 e. The summed E-state index contributed by atoms with van der Waals surface area (Å²) >= 11 is 0. The minimum absolute atomic E-state index is 0.564. The van der Waals surface area contributed by atoms with E-state index in [-0.39, 0.29) is 0 Å². The number of furan rings is 1. The van der Waals surface area contributed by atoms with E-state index in [0.29, 0.717) is 5.69 Å². The van der Waals surface area contributed by atoms with Crippen LogP contribution in [-0.2, 0) is 12.8 Å². The summed E-state index contributed by atoms with van der Waals surface area (Å²) in [6.07, 6.45) is 5.02. The molecular formula is C26H32N4O3. The third-order valence-electron chi connectivity index (χ3n) is 6.67. The van der Waals surface area contributed by atoms with Crippen LogP contribution < -0.4 is 20.7 Å².